The summed E-state index contributed by atoms with van der Waals surface area (Å²) < 4.78 is 11.2. The highest BCUT2D eigenvalue weighted by atomic mass is 16.6. The summed E-state index contributed by atoms with van der Waals surface area (Å²) in [6.07, 6.45) is 1.33. The van der Waals surface area contributed by atoms with Crippen molar-refractivity contribution >= 4 is 6.09 Å². The smallest absolute Gasteiger partial charge is 0.407 e. The predicted molar refractivity (Wildman–Crippen MR) is 106 cm³/mol. The van der Waals surface area contributed by atoms with Crippen molar-refractivity contribution in [1.82, 2.24) is 10.2 Å². The topological polar surface area (TPSA) is 71.0 Å². The molecule has 6 heteroatoms. The van der Waals surface area contributed by atoms with E-state index in [1.54, 1.807) is 0 Å². The van der Waals surface area contributed by atoms with Crippen LogP contribution in [0.3, 0.4) is 0 Å². The van der Waals surface area contributed by atoms with E-state index in [1.807, 2.05) is 58.2 Å². The molecule has 2 N–H and O–H groups in total. The molecule has 0 aromatic heterocycles. The molecule has 2 rings (SSSR count). The van der Waals surface area contributed by atoms with Crippen molar-refractivity contribution in [2.24, 2.45) is 0 Å². The first-order chi connectivity index (χ1) is 12.7. The number of amides is 1. The van der Waals surface area contributed by atoms with Crippen LogP contribution in [-0.4, -0.2) is 60.1 Å². The van der Waals surface area contributed by atoms with Crippen molar-refractivity contribution in [3.05, 3.63) is 35.9 Å². The number of hydrogen-bond acceptors (Lipinski definition) is 5. The van der Waals surface area contributed by atoms with Crippen molar-refractivity contribution in [1.29, 1.82) is 0 Å². The Morgan fingerprint density at radius 2 is 1.96 bits per heavy atom. The van der Waals surface area contributed by atoms with E-state index in [4.69, 9.17) is 9.47 Å². The number of benzene rings is 1. The molecular weight excluding hydrogens is 344 g/mol. The Hall–Kier alpha value is -1.63. The lowest BCUT2D eigenvalue weighted by molar-refractivity contribution is 0.0196. The molecule has 1 aliphatic rings. The number of carbonyl (C=O) groups is 1. The monoisotopic (exact) mass is 378 g/mol. The molecule has 3 unspecified atom stereocenters. The van der Waals surface area contributed by atoms with Gasteiger partial charge in [0.05, 0.1) is 19.3 Å². The van der Waals surface area contributed by atoms with E-state index in [2.05, 4.69) is 10.2 Å². The summed E-state index contributed by atoms with van der Waals surface area (Å²) in [6, 6.07) is 10.1. The van der Waals surface area contributed by atoms with Crippen LogP contribution in [0.1, 0.15) is 45.6 Å². The minimum atomic E-state index is -0.523. The lowest BCUT2D eigenvalue weighted by Crippen LogP contribution is -2.55. The van der Waals surface area contributed by atoms with Gasteiger partial charge in [-0.15, -0.1) is 0 Å². The second-order valence-electron chi connectivity index (χ2n) is 8.31. The molecule has 1 fully saturated rings. The van der Waals surface area contributed by atoms with Crippen LogP contribution in [0.25, 0.3) is 0 Å². The highest BCUT2D eigenvalue weighted by Crippen LogP contribution is 2.23. The van der Waals surface area contributed by atoms with Gasteiger partial charge >= 0.3 is 6.09 Å². The number of alkyl carbamates (subject to hydrolysis) is 1. The molecule has 0 saturated heterocycles. The molecule has 1 aromatic rings. The fourth-order valence-electron chi connectivity index (χ4n) is 3.38. The van der Waals surface area contributed by atoms with Gasteiger partial charge in [-0.1, -0.05) is 30.3 Å². The van der Waals surface area contributed by atoms with Gasteiger partial charge in [0.15, 0.2) is 0 Å². The van der Waals surface area contributed by atoms with Gasteiger partial charge in [0.2, 0.25) is 0 Å². The molecule has 1 amide bonds. The second-order valence-corrected chi connectivity index (χ2v) is 8.31. The SMILES string of the molecule is CN(CCOCc1ccccc1)C1CC(O)CCC1NC(=O)OC(C)(C)C. The number of hydrogen-bond donors (Lipinski definition) is 2. The lowest BCUT2D eigenvalue weighted by Gasteiger charge is -2.40. The van der Waals surface area contributed by atoms with Crippen LogP contribution in [0.5, 0.6) is 0 Å². The Morgan fingerprint density at radius 1 is 1.26 bits per heavy atom. The standard InChI is InChI=1S/C21H34N2O4/c1-21(2,3)27-20(25)22-18-11-10-17(24)14-19(18)23(4)12-13-26-15-16-8-6-5-7-9-16/h5-9,17-19,24H,10-15H2,1-4H3,(H,22,25). The van der Waals surface area contributed by atoms with Crippen LogP contribution in [0.4, 0.5) is 4.79 Å². The molecule has 1 aliphatic carbocycles. The molecule has 0 heterocycles. The zero-order chi connectivity index (χ0) is 19.9. The van der Waals surface area contributed by atoms with Gasteiger partial charge in [0, 0.05) is 18.6 Å². The fraction of sp³-hybridized carbons (Fsp3) is 0.667. The van der Waals surface area contributed by atoms with Crippen molar-refractivity contribution < 1.29 is 19.4 Å². The largest absolute Gasteiger partial charge is 0.444 e. The summed E-state index contributed by atoms with van der Waals surface area (Å²) in [4.78, 5) is 14.3. The summed E-state index contributed by atoms with van der Waals surface area (Å²) in [5, 5.41) is 13.1. The number of aliphatic hydroxyl groups excluding tert-OH is 1. The maximum atomic E-state index is 12.2. The highest BCUT2D eigenvalue weighted by Gasteiger charge is 2.34. The van der Waals surface area contributed by atoms with Crippen molar-refractivity contribution in [2.75, 3.05) is 20.2 Å². The number of ether oxygens (including phenoxy) is 2. The third-order valence-corrected chi connectivity index (χ3v) is 4.76. The van der Waals surface area contributed by atoms with Crippen LogP contribution in [0.2, 0.25) is 0 Å². The average Bonchev–Trinajstić information content (AvgIpc) is 2.59. The Kier molecular flexibility index (Phi) is 8.07. The van der Waals surface area contributed by atoms with E-state index in [0.29, 0.717) is 26.1 Å². The molecule has 6 nitrogen and oxygen atoms in total. The normalized spacial score (nSPS) is 23.3. The Balaban J connectivity index is 1.82. The summed E-state index contributed by atoms with van der Waals surface area (Å²) >= 11 is 0. The number of aliphatic hydroxyl groups is 1. The van der Waals surface area contributed by atoms with Gasteiger partial charge in [-0.2, -0.15) is 0 Å². The van der Waals surface area contributed by atoms with Gasteiger partial charge in [0.1, 0.15) is 5.60 Å². The summed E-state index contributed by atoms with van der Waals surface area (Å²) in [6.45, 7) is 7.47. The second kappa shape index (κ2) is 10.1. The maximum Gasteiger partial charge on any atom is 0.407 e. The predicted octanol–water partition coefficient (Wildman–Crippen LogP) is 2.94. The zero-order valence-electron chi connectivity index (χ0n) is 17.0. The van der Waals surface area contributed by atoms with Crippen molar-refractivity contribution in [2.45, 2.75) is 70.4 Å². The molecule has 27 heavy (non-hydrogen) atoms. The van der Waals surface area contributed by atoms with E-state index < -0.39 is 11.7 Å². The minimum Gasteiger partial charge on any atom is -0.444 e. The van der Waals surface area contributed by atoms with Crippen molar-refractivity contribution in [3.63, 3.8) is 0 Å². The molecule has 0 bridgehead atoms. The number of nitrogens with zero attached hydrogens (tertiary/aromatic N) is 1. The summed E-state index contributed by atoms with van der Waals surface area (Å²) in [7, 11) is 2.01. The number of carbonyl (C=O) groups excluding carboxylic acids is 1. The van der Waals surface area contributed by atoms with E-state index >= 15 is 0 Å². The highest BCUT2D eigenvalue weighted by molar-refractivity contribution is 5.68. The number of rotatable bonds is 7. The van der Waals surface area contributed by atoms with Crippen LogP contribution >= 0.6 is 0 Å². The van der Waals surface area contributed by atoms with E-state index in [9.17, 15) is 9.90 Å². The first kappa shape index (κ1) is 21.7. The van der Waals surface area contributed by atoms with E-state index in [-0.39, 0.29) is 18.2 Å². The molecule has 0 radical (unpaired) electrons. The molecule has 0 spiro atoms. The average molecular weight is 379 g/mol. The maximum absolute atomic E-state index is 12.2. The van der Waals surface area contributed by atoms with Crippen LogP contribution in [-0.2, 0) is 16.1 Å². The van der Waals surface area contributed by atoms with Crippen LogP contribution in [0, 0.1) is 0 Å². The first-order valence-electron chi connectivity index (χ1n) is 9.74. The lowest BCUT2D eigenvalue weighted by atomic mass is 9.87. The van der Waals surface area contributed by atoms with E-state index in [0.717, 1.165) is 18.5 Å². The number of nitrogens with one attached hydrogen (secondary N) is 1. The fourth-order valence-corrected chi connectivity index (χ4v) is 3.38. The van der Waals surface area contributed by atoms with Gasteiger partial charge < -0.3 is 19.9 Å². The molecule has 152 valence electrons. The molecule has 3 atom stereocenters. The van der Waals surface area contributed by atoms with Gasteiger partial charge in [0.25, 0.3) is 0 Å². The first-order valence-corrected chi connectivity index (χ1v) is 9.74. The summed E-state index contributed by atoms with van der Waals surface area (Å²) in [5.41, 5.74) is 0.628. The minimum absolute atomic E-state index is 0.0395. The third-order valence-electron chi connectivity index (χ3n) is 4.76. The Labute approximate surface area is 162 Å². The quantitative estimate of drug-likeness (QED) is 0.714. The molecule has 0 aliphatic heterocycles. The van der Waals surface area contributed by atoms with Gasteiger partial charge in [-0.3, -0.25) is 4.90 Å². The van der Waals surface area contributed by atoms with Gasteiger partial charge in [-0.25, -0.2) is 4.79 Å². The molecular formula is C21H34N2O4. The van der Waals surface area contributed by atoms with Crippen LogP contribution < -0.4 is 5.32 Å². The number of likely N-dealkylation sites (N-methyl/N-ethyl adjacent to an activating group) is 1. The Morgan fingerprint density at radius 3 is 2.63 bits per heavy atom. The zero-order valence-corrected chi connectivity index (χ0v) is 17.0. The Bertz CT molecular complexity index is 573. The van der Waals surface area contributed by atoms with Crippen LogP contribution in [0.15, 0.2) is 30.3 Å². The molecule has 1 aromatic carbocycles. The summed E-state index contributed by atoms with van der Waals surface area (Å²) in [5.74, 6) is 0. The van der Waals surface area contributed by atoms with Crippen molar-refractivity contribution in [3.8, 4) is 0 Å². The van der Waals surface area contributed by atoms with Gasteiger partial charge in [-0.05, 0) is 52.6 Å². The molecule has 1 saturated carbocycles. The third kappa shape index (κ3) is 7.87. The van der Waals surface area contributed by atoms with E-state index in [1.165, 1.54) is 0 Å².